The van der Waals surface area contributed by atoms with Crippen molar-refractivity contribution >= 4 is 17.5 Å². The molecule has 1 amide bonds. The number of benzene rings is 1. The average molecular weight is 341 g/mol. The number of nitrogens with one attached hydrogen (secondary N) is 1. The van der Waals surface area contributed by atoms with Gasteiger partial charge in [-0.15, -0.1) is 0 Å². The summed E-state index contributed by atoms with van der Waals surface area (Å²) in [5.41, 5.74) is 3.95. The van der Waals surface area contributed by atoms with E-state index in [0.29, 0.717) is 0 Å². The van der Waals surface area contributed by atoms with Gasteiger partial charge in [0, 0.05) is 24.8 Å². The van der Waals surface area contributed by atoms with Gasteiger partial charge in [-0.3, -0.25) is 14.4 Å². The highest BCUT2D eigenvalue weighted by Crippen LogP contribution is 2.37. The predicted molar refractivity (Wildman–Crippen MR) is 96.5 cm³/mol. The number of aryl methyl sites for hydroxylation is 3. The minimum Gasteiger partial charge on any atom is -0.353 e. The molecule has 0 bridgehead atoms. The van der Waals surface area contributed by atoms with Crippen LogP contribution in [0.2, 0.25) is 0 Å². The van der Waals surface area contributed by atoms with Gasteiger partial charge < -0.3 is 5.32 Å². The molecule has 2 fully saturated rings. The SMILES string of the molecule is Cc1cc(C)c(C2C(=O)CC(CC(=O)NC3CCCC3)C2=O)c(C)c1. The van der Waals surface area contributed by atoms with Gasteiger partial charge >= 0.3 is 0 Å². The Morgan fingerprint density at radius 2 is 1.68 bits per heavy atom. The van der Waals surface area contributed by atoms with Crippen LogP contribution in [0, 0.1) is 26.7 Å². The zero-order chi connectivity index (χ0) is 18.1. The number of rotatable bonds is 4. The Bertz CT molecular complexity index is 693. The van der Waals surface area contributed by atoms with Crippen molar-refractivity contribution in [2.24, 2.45) is 5.92 Å². The second-order valence-corrected chi connectivity index (χ2v) is 7.77. The van der Waals surface area contributed by atoms with Gasteiger partial charge in [0.1, 0.15) is 11.7 Å². The number of carbonyl (C=O) groups is 3. The van der Waals surface area contributed by atoms with Gasteiger partial charge in [-0.2, -0.15) is 0 Å². The van der Waals surface area contributed by atoms with E-state index < -0.39 is 11.8 Å². The number of hydrogen-bond donors (Lipinski definition) is 1. The molecule has 3 rings (SSSR count). The third-order valence-electron chi connectivity index (χ3n) is 5.64. The van der Waals surface area contributed by atoms with E-state index in [0.717, 1.165) is 47.9 Å². The molecule has 0 aromatic heterocycles. The van der Waals surface area contributed by atoms with Crippen molar-refractivity contribution in [3.05, 3.63) is 34.4 Å². The fourth-order valence-corrected chi connectivity index (χ4v) is 4.56. The van der Waals surface area contributed by atoms with E-state index >= 15 is 0 Å². The lowest BCUT2D eigenvalue weighted by Crippen LogP contribution is -2.34. The molecule has 1 aromatic rings. The van der Waals surface area contributed by atoms with Crippen LogP contribution >= 0.6 is 0 Å². The van der Waals surface area contributed by atoms with Crippen molar-refractivity contribution < 1.29 is 14.4 Å². The summed E-state index contributed by atoms with van der Waals surface area (Å²) in [6, 6.07) is 4.28. The molecule has 4 nitrogen and oxygen atoms in total. The second kappa shape index (κ2) is 7.11. The Morgan fingerprint density at radius 3 is 2.28 bits per heavy atom. The molecule has 1 N–H and O–H groups in total. The molecular formula is C21H27NO3. The molecule has 0 spiro atoms. The van der Waals surface area contributed by atoms with Crippen molar-refractivity contribution in [3.63, 3.8) is 0 Å². The summed E-state index contributed by atoms with van der Waals surface area (Å²) in [5.74, 6) is -1.37. The first-order chi connectivity index (χ1) is 11.9. The number of ketones is 2. The normalized spacial score (nSPS) is 24.1. The topological polar surface area (TPSA) is 63.2 Å². The van der Waals surface area contributed by atoms with Gasteiger partial charge in [-0.05, 0) is 50.3 Å². The van der Waals surface area contributed by atoms with Crippen LogP contribution in [0.15, 0.2) is 12.1 Å². The van der Waals surface area contributed by atoms with Crippen molar-refractivity contribution in [2.75, 3.05) is 0 Å². The van der Waals surface area contributed by atoms with Crippen LogP contribution in [-0.4, -0.2) is 23.5 Å². The summed E-state index contributed by atoms with van der Waals surface area (Å²) in [4.78, 5) is 37.7. The summed E-state index contributed by atoms with van der Waals surface area (Å²) in [6.45, 7) is 5.92. The zero-order valence-electron chi connectivity index (χ0n) is 15.4. The first-order valence-corrected chi connectivity index (χ1v) is 9.30. The molecule has 2 unspecified atom stereocenters. The molecule has 2 aliphatic carbocycles. The van der Waals surface area contributed by atoms with Crippen LogP contribution in [0.4, 0.5) is 0 Å². The average Bonchev–Trinajstić information content (AvgIpc) is 3.10. The Balaban J connectivity index is 1.73. The largest absolute Gasteiger partial charge is 0.353 e. The van der Waals surface area contributed by atoms with Crippen LogP contribution < -0.4 is 5.32 Å². The van der Waals surface area contributed by atoms with Gasteiger partial charge in [0.05, 0.1) is 0 Å². The van der Waals surface area contributed by atoms with E-state index in [9.17, 15) is 14.4 Å². The van der Waals surface area contributed by atoms with Gasteiger partial charge in [-0.1, -0.05) is 30.5 Å². The molecule has 0 aliphatic heterocycles. The number of Topliss-reactive ketones (excluding diaryl/α,β-unsaturated/α-hetero) is 2. The smallest absolute Gasteiger partial charge is 0.220 e. The van der Waals surface area contributed by atoms with Crippen molar-refractivity contribution in [2.45, 2.75) is 71.3 Å². The van der Waals surface area contributed by atoms with Crippen LogP contribution in [0.25, 0.3) is 0 Å². The maximum atomic E-state index is 12.9. The quantitative estimate of drug-likeness (QED) is 0.855. The lowest BCUT2D eigenvalue weighted by atomic mass is 9.86. The number of hydrogen-bond acceptors (Lipinski definition) is 3. The highest BCUT2D eigenvalue weighted by Gasteiger charge is 2.43. The Morgan fingerprint density at radius 1 is 1.08 bits per heavy atom. The maximum Gasteiger partial charge on any atom is 0.220 e. The Kier molecular flexibility index (Phi) is 5.07. The molecule has 2 aliphatic rings. The van der Waals surface area contributed by atoms with Crippen LogP contribution in [0.5, 0.6) is 0 Å². The van der Waals surface area contributed by atoms with E-state index in [1.807, 2.05) is 32.9 Å². The van der Waals surface area contributed by atoms with Crippen LogP contribution in [-0.2, 0) is 14.4 Å². The van der Waals surface area contributed by atoms with E-state index in [1.165, 1.54) is 0 Å². The van der Waals surface area contributed by atoms with E-state index in [2.05, 4.69) is 5.32 Å². The van der Waals surface area contributed by atoms with Crippen molar-refractivity contribution in [1.29, 1.82) is 0 Å². The minimum absolute atomic E-state index is 0.0429. The Labute approximate surface area is 149 Å². The molecular weight excluding hydrogens is 314 g/mol. The molecule has 0 radical (unpaired) electrons. The Hall–Kier alpha value is -1.97. The minimum atomic E-state index is -0.690. The molecule has 0 heterocycles. The van der Waals surface area contributed by atoms with Gasteiger partial charge in [-0.25, -0.2) is 0 Å². The summed E-state index contributed by atoms with van der Waals surface area (Å²) in [5, 5.41) is 3.02. The van der Waals surface area contributed by atoms with Crippen molar-refractivity contribution in [3.8, 4) is 0 Å². The maximum absolute atomic E-state index is 12.9. The van der Waals surface area contributed by atoms with Gasteiger partial charge in [0.25, 0.3) is 0 Å². The summed E-state index contributed by atoms with van der Waals surface area (Å²) >= 11 is 0. The number of amides is 1. The molecule has 25 heavy (non-hydrogen) atoms. The lowest BCUT2D eigenvalue weighted by Gasteiger charge is -2.17. The third-order valence-corrected chi connectivity index (χ3v) is 5.64. The summed E-state index contributed by atoms with van der Waals surface area (Å²) < 4.78 is 0. The highest BCUT2D eigenvalue weighted by atomic mass is 16.2. The fraction of sp³-hybridized carbons (Fsp3) is 0.571. The predicted octanol–water partition coefficient (Wildman–Crippen LogP) is 3.30. The van der Waals surface area contributed by atoms with Crippen LogP contribution in [0.1, 0.15) is 66.7 Å². The monoisotopic (exact) mass is 341 g/mol. The molecule has 2 atom stereocenters. The molecule has 1 aromatic carbocycles. The van der Waals surface area contributed by atoms with E-state index in [4.69, 9.17) is 0 Å². The lowest BCUT2D eigenvalue weighted by molar-refractivity contribution is -0.129. The molecule has 134 valence electrons. The van der Waals surface area contributed by atoms with Gasteiger partial charge in [0.2, 0.25) is 5.91 Å². The summed E-state index contributed by atoms with van der Waals surface area (Å²) in [6.07, 6.45) is 4.68. The first kappa shape index (κ1) is 17.8. The third kappa shape index (κ3) is 3.68. The van der Waals surface area contributed by atoms with Gasteiger partial charge in [0.15, 0.2) is 5.78 Å². The number of carbonyl (C=O) groups excluding carboxylic acids is 3. The zero-order valence-corrected chi connectivity index (χ0v) is 15.4. The highest BCUT2D eigenvalue weighted by molar-refractivity contribution is 6.15. The molecule has 4 heteroatoms. The first-order valence-electron chi connectivity index (χ1n) is 9.30. The van der Waals surface area contributed by atoms with Crippen LogP contribution in [0.3, 0.4) is 0 Å². The molecule has 0 saturated heterocycles. The summed E-state index contributed by atoms with van der Waals surface area (Å²) in [7, 11) is 0. The van der Waals surface area contributed by atoms with E-state index in [-0.39, 0.29) is 36.4 Å². The standard InChI is InChI=1S/C21H27NO3/c1-12-8-13(2)19(14(3)9-12)20-17(23)10-15(21(20)25)11-18(24)22-16-6-4-5-7-16/h8-9,15-16,20H,4-7,10-11H2,1-3H3,(H,22,24). The fourth-order valence-electron chi connectivity index (χ4n) is 4.56. The van der Waals surface area contributed by atoms with E-state index in [1.54, 1.807) is 0 Å². The second-order valence-electron chi connectivity index (χ2n) is 7.77. The van der Waals surface area contributed by atoms with Crippen molar-refractivity contribution in [1.82, 2.24) is 5.32 Å². The molecule has 2 saturated carbocycles.